The molecule has 0 heterocycles. The first kappa shape index (κ1) is 16.8. The molecular weight excluding hydrogens is 266 g/mol. The average Bonchev–Trinajstić information content (AvgIpc) is 2.55. The van der Waals surface area contributed by atoms with Gasteiger partial charge in [0.25, 0.3) is 0 Å². The molecule has 1 atom stereocenters. The van der Waals surface area contributed by atoms with E-state index in [0.717, 1.165) is 25.9 Å². The van der Waals surface area contributed by atoms with Crippen molar-refractivity contribution < 1.29 is 0 Å². The molecule has 1 unspecified atom stereocenters. The predicted molar refractivity (Wildman–Crippen MR) is 96.3 cm³/mol. The van der Waals surface area contributed by atoms with E-state index in [1.807, 2.05) is 0 Å². The van der Waals surface area contributed by atoms with Crippen LogP contribution in [0.5, 0.6) is 0 Å². The van der Waals surface area contributed by atoms with Gasteiger partial charge in [0.15, 0.2) is 0 Å². The molecular formula is C21H29N. The van der Waals surface area contributed by atoms with Gasteiger partial charge in [-0.3, -0.25) is 0 Å². The summed E-state index contributed by atoms with van der Waals surface area (Å²) < 4.78 is 0. The van der Waals surface area contributed by atoms with Crippen LogP contribution in [0.1, 0.15) is 38.3 Å². The van der Waals surface area contributed by atoms with Crippen LogP contribution in [0.4, 0.5) is 0 Å². The first-order chi connectivity index (χ1) is 10.7. The van der Waals surface area contributed by atoms with Gasteiger partial charge in [-0.2, -0.15) is 0 Å². The maximum Gasteiger partial charge on any atom is 0.0115 e. The molecule has 0 bridgehead atoms. The second-order valence-corrected chi connectivity index (χ2v) is 6.69. The molecule has 1 N–H and O–H groups in total. The van der Waals surface area contributed by atoms with E-state index < -0.39 is 0 Å². The second kappa shape index (κ2) is 8.14. The van der Waals surface area contributed by atoms with Crippen molar-refractivity contribution in [3.63, 3.8) is 0 Å². The fraction of sp³-hybridized carbons (Fsp3) is 0.429. The molecule has 22 heavy (non-hydrogen) atoms. The van der Waals surface area contributed by atoms with Crippen LogP contribution < -0.4 is 5.32 Å². The molecule has 0 fully saturated rings. The van der Waals surface area contributed by atoms with Crippen molar-refractivity contribution in [3.05, 3.63) is 71.8 Å². The van der Waals surface area contributed by atoms with Crippen molar-refractivity contribution in [3.8, 4) is 0 Å². The van der Waals surface area contributed by atoms with E-state index in [1.54, 1.807) is 0 Å². The number of benzene rings is 2. The highest BCUT2D eigenvalue weighted by molar-refractivity contribution is 5.30. The van der Waals surface area contributed by atoms with Gasteiger partial charge in [0.05, 0.1) is 0 Å². The largest absolute Gasteiger partial charge is 0.316 e. The molecule has 0 spiro atoms. The lowest BCUT2D eigenvalue weighted by molar-refractivity contribution is 0.367. The third-order valence-corrected chi connectivity index (χ3v) is 4.46. The summed E-state index contributed by atoms with van der Waals surface area (Å²) >= 11 is 0. The zero-order valence-corrected chi connectivity index (χ0v) is 14.2. The zero-order valence-electron chi connectivity index (χ0n) is 14.2. The lowest BCUT2D eigenvalue weighted by Crippen LogP contribution is -2.41. The molecule has 1 heteroatoms. The normalized spacial score (nSPS) is 14.0. The van der Waals surface area contributed by atoms with E-state index in [9.17, 15) is 0 Å². The minimum atomic E-state index is 0.164. The van der Waals surface area contributed by atoms with Crippen LogP contribution in [-0.2, 0) is 11.8 Å². The fourth-order valence-electron chi connectivity index (χ4n) is 3.10. The Hall–Kier alpha value is -1.60. The highest BCUT2D eigenvalue weighted by Crippen LogP contribution is 2.31. The van der Waals surface area contributed by atoms with Crippen molar-refractivity contribution >= 4 is 0 Å². The van der Waals surface area contributed by atoms with Crippen molar-refractivity contribution in [2.45, 2.75) is 39.0 Å². The Morgan fingerprint density at radius 2 is 1.50 bits per heavy atom. The van der Waals surface area contributed by atoms with Crippen LogP contribution >= 0.6 is 0 Å². The van der Waals surface area contributed by atoms with Gasteiger partial charge in [-0.15, -0.1) is 0 Å². The molecule has 0 radical (unpaired) electrons. The summed E-state index contributed by atoms with van der Waals surface area (Å²) in [5.74, 6) is 0.682. The lowest BCUT2D eigenvalue weighted by atomic mass is 9.73. The SMILES string of the molecule is CCC(CNCC(C)C)(Cc1ccccc1)c1ccccc1. The van der Waals surface area contributed by atoms with Gasteiger partial charge in [0, 0.05) is 12.0 Å². The van der Waals surface area contributed by atoms with Gasteiger partial charge in [0.2, 0.25) is 0 Å². The van der Waals surface area contributed by atoms with E-state index in [4.69, 9.17) is 0 Å². The van der Waals surface area contributed by atoms with Gasteiger partial charge in [-0.05, 0) is 36.4 Å². The van der Waals surface area contributed by atoms with E-state index >= 15 is 0 Å². The summed E-state index contributed by atoms with van der Waals surface area (Å²) in [6, 6.07) is 21.9. The van der Waals surface area contributed by atoms with Crippen LogP contribution in [0.25, 0.3) is 0 Å². The lowest BCUT2D eigenvalue weighted by Gasteiger charge is -2.34. The first-order valence-electron chi connectivity index (χ1n) is 8.46. The Kier molecular flexibility index (Phi) is 6.21. The van der Waals surface area contributed by atoms with Gasteiger partial charge in [-0.1, -0.05) is 81.4 Å². The number of nitrogens with one attached hydrogen (secondary N) is 1. The summed E-state index contributed by atoms with van der Waals surface area (Å²) in [6.45, 7) is 8.94. The molecule has 2 rings (SSSR count). The molecule has 0 saturated carbocycles. The van der Waals surface area contributed by atoms with E-state index in [0.29, 0.717) is 5.92 Å². The topological polar surface area (TPSA) is 12.0 Å². The minimum Gasteiger partial charge on any atom is -0.316 e. The Bertz CT molecular complexity index is 532. The Morgan fingerprint density at radius 3 is 2.05 bits per heavy atom. The minimum absolute atomic E-state index is 0.164. The monoisotopic (exact) mass is 295 g/mol. The molecule has 0 aliphatic heterocycles. The maximum atomic E-state index is 3.70. The number of hydrogen-bond donors (Lipinski definition) is 1. The third kappa shape index (κ3) is 4.45. The predicted octanol–water partition coefficient (Wildman–Crippen LogP) is 4.82. The molecule has 0 aliphatic carbocycles. The van der Waals surface area contributed by atoms with Gasteiger partial charge >= 0.3 is 0 Å². The molecule has 2 aromatic carbocycles. The maximum absolute atomic E-state index is 3.70. The average molecular weight is 295 g/mol. The van der Waals surface area contributed by atoms with Crippen LogP contribution in [0.3, 0.4) is 0 Å². The van der Waals surface area contributed by atoms with E-state index in [1.165, 1.54) is 11.1 Å². The summed E-state index contributed by atoms with van der Waals surface area (Å²) in [5.41, 5.74) is 3.02. The molecule has 0 aromatic heterocycles. The fourth-order valence-corrected chi connectivity index (χ4v) is 3.10. The van der Waals surface area contributed by atoms with Gasteiger partial charge in [0.1, 0.15) is 0 Å². The summed E-state index contributed by atoms with van der Waals surface area (Å²) in [7, 11) is 0. The molecule has 0 aliphatic rings. The van der Waals surface area contributed by atoms with Crippen molar-refractivity contribution in [1.29, 1.82) is 0 Å². The van der Waals surface area contributed by atoms with Crippen LogP contribution in [-0.4, -0.2) is 13.1 Å². The van der Waals surface area contributed by atoms with E-state index in [2.05, 4.69) is 86.8 Å². The number of rotatable bonds is 8. The summed E-state index contributed by atoms with van der Waals surface area (Å²) in [5, 5.41) is 3.70. The second-order valence-electron chi connectivity index (χ2n) is 6.69. The van der Waals surface area contributed by atoms with Crippen LogP contribution in [0.15, 0.2) is 60.7 Å². The van der Waals surface area contributed by atoms with Crippen molar-refractivity contribution in [2.24, 2.45) is 5.92 Å². The molecule has 118 valence electrons. The molecule has 2 aromatic rings. The summed E-state index contributed by atoms with van der Waals surface area (Å²) in [4.78, 5) is 0. The molecule has 1 nitrogen and oxygen atoms in total. The van der Waals surface area contributed by atoms with Gasteiger partial charge < -0.3 is 5.32 Å². The quantitative estimate of drug-likeness (QED) is 0.736. The van der Waals surface area contributed by atoms with Crippen molar-refractivity contribution in [1.82, 2.24) is 5.32 Å². The Balaban J connectivity index is 2.25. The smallest absolute Gasteiger partial charge is 0.0115 e. The Morgan fingerprint density at radius 1 is 0.909 bits per heavy atom. The highest BCUT2D eigenvalue weighted by atomic mass is 14.9. The van der Waals surface area contributed by atoms with Gasteiger partial charge in [-0.25, -0.2) is 0 Å². The standard InChI is InChI=1S/C21H29N/c1-4-21(17-22-16-18(2)3,20-13-9-6-10-14-20)15-19-11-7-5-8-12-19/h5-14,18,22H,4,15-17H2,1-3H3. The molecule has 0 amide bonds. The number of hydrogen-bond acceptors (Lipinski definition) is 1. The Labute approximate surface area is 135 Å². The van der Waals surface area contributed by atoms with E-state index in [-0.39, 0.29) is 5.41 Å². The zero-order chi connectivity index (χ0) is 15.8. The van der Waals surface area contributed by atoms with Crippen LogP contribution in [0.2, 0.25) is 0 Å². The highest BCUT2D eigenvalue weighted by Gasteiger charge is 2.30. The first-order valence-corrected chi connectivity index (χ1v) is 8.46. The third-order valence-electron chi connectivity index (χ3n) is 4.46. The molecule has 0 saturated heterocycles. The van der Waals surface area contributed by atoms with Crippen molar-refractivity contribution in [2.75, 3.05) is 13.1 Å². The summed E-state index contributed by atoms with van der Waals surface area (Å²) in [6.07, 6.45) is 2.22. The van der Waals surface area contributed by atoms with Crippen LogP contribution in [0, 0.1) is 5.92 Å².